The minimum absolute atomic E-state index is 0.0680. The van der Waals surface area contributed by atoms with Crippen LogP contribution >= 0.6 is 0 Å². The molecule has 1 aromatic carbocycles. The summed E-state index contributed by atoms with van der Waals surface area (Å²) in [5.41, 5.74) is 0.112. The Labute approximate surface area is 196 Å². The molecule has 0 amide bonds. The first-order valence-corrected chi connectivity index (χ1v) is 11.7. The molecule has 0 unspecified atom stereocenters. The van der Waals surface area contributed by atoms with E-state index < -0.39 is 35.1 Å². The van der Waals surface area contributed by atoms with Gasteiger partial charge in [0, 0.05) is 23.3 Å². The maximum Gasteiger partial charge on any atom is 0.338 e. The predicted molar refractivity (Wildman–Crippen MR) is 126 cm³/mol. The lowest BCUT2D eigenvalue weighted by atomic mass is 9.66. The maximum absolute atomic E-state index is 13.0. The Morgan fingerprint density at radius 3 is 2.36 bits per heavy atom. The lowest BCUT2D eigenvalue weighted by Gasteiger charge is -2.45. The van der Waals surface area contributed by atoms with Crippen molar-refractivity contribution < 1.29 is 29.3 Å². The van der Waals surface area contributed by atoms with Crippen LogP contribution in [-0.4, -0.2) is 40.0 Å². The molecule has 6 heteroatoms. The number of aliphatic hydroxyl groups is 1. The Morgan fingerprint density at radius 1 is 1.15 bits per heavy atom. The van der Waals surface area contributed by atoms with E-state index in [0.29, 0.717) is 30.4 Å². The van der Waals surface area contributed by atoms with Crippen molar-refractivity contribution in [1.29, 1.82) is 0 Å². The van der Waals surface area contributed by atoms with Crippen LogP contribution in [0.1, 0.15) is 71.2 Å². The summed E-state index contributed by atoms with van der Waals surface area (Å²) in [6, 6.07) is 5.92. The van der Waals surface area contributed by atoms with Gasteiger partial charge in [-0.1, -0.05) is 32.4 Å². The van der Waals surface area contributed by atoms with Crippen LogP contribution in [0.5, 0.6) is 5.75 Å². The van der Waals surface area contributed by atoms with Gasteiger partial charge in [0.2, 0.25) is 0 Å². The third-order valence-corrected chi connectivity index (χ3v) is 7.64. The van der Waals surface area contributed by atoms with Gasteiger partial charge in [-0.2, -0.15) is 0 Å². The summed E-state index contributed by atoms with van der Waals surface area (Å²) in [4.78, 5) is 25.7. The summed E-state index contributed by atoms with van der Waals surface area (Å²) in [6.45, 7) is 11.4. The fourth-order valence-corrected chi connectivity index (χ4v) is 5.42. The molecule has 1 fully saturated rings. The smallest absolute Gasteiger partial charge is 0.338 e. The van der Waals surface area contributed by atoms with Gasteiger partial charge in [0.25, 0.3) is 0 Å². The highest BCUT2D eigenvalue weighted by Gasteiger charge is 2.63. The third kappa shape index (κ3) is 4.72. The molecule has 0 heterocycles. The zero-order chi connectivity index (χ0) is 24.6. The minimum Gasteiger partial charge on any atom is -0.508 e. The molecular weight excluding hydrogens is 420 g/mol. The van der Waals surface area contributed by atoms with Crippen molar-refractivity contribution in [2.24, 2.45) is 17.3 Å². The Kier molecular flexibility index (Phi) is 7.08. The van der Waals surface area contributed by atoms with E-state index in [1.807, 2.05) is 33.8 Å². The lowest BCUT2D eigenvalue weighted by Crippen LogP contribution is -2.53. The number of hydrogen-bond donors (Lipinski definition) is 2. The molecule has 0 spiro atoms. The van der Waals surface area contributed by atoms with E-state index in [1.54, 1.807) is 19.9 Å². The summed E-state index contributed by atoms with van der Waals surface area (Å²) in [6.07, 6.45) is 4.14. The molecule has 0 radical (unpaired) electrons. The predicted octanol–water partition coefficient (Wildman–Crippen LogP) is 4.95. The topological polar surface area (TPSA) is 93.1 Å². The van der Waals surface area contributed by atoms with Crippen LogP contribution in [0, 0.1) is 17.3 Å². The Bertz CT molecular complexity index is 959. The lowest BCUT2D eigenvalue weighted by molar-refractivity contribution is -0.159. The molecule has 5 atom stereocenters. The number of carbonyl (C=O) groups is 2. The highest BCUT2D eigenvalue weighted by atomic mass is 16.6. The molecule has 0 aliphatic heterocycles. The van der Waals surface area contributed by atoms with Crippen molar-refractivity contribution in [3.8, 4) is 5.75 Å². The average molecular weight is 457 g/mol. The standard InChI is InChI=1S/C27H36O6/c1-7-18(5)24(29)33-22-15-17(4)14-21(32-25(30)19-8-10-20(28)11-9-19)23-26(22,6)12-13-27(23,31)16(2)3/h7-11,15-16,21-23,28,31H,12-14H2,1-6H3/t21-,22+,23-,26-,27+/m0/s1. The van der Waals surface area contributed by atoms with Crippen molar-refractivity contribution in [1.82, 2.24) is 0 Å². The van der Waals surface area contributed by atoms with E-state index in [-0.39, 0.29) is 17.6 Å². The normalized spacial score (nSPS) is 32.1. The van der Waals surface area contributed by atoms with E-state index in [0.717, 1.165) is 5.57 Å². The van der Waals surface area contributed by atoms with Gasteiger partial charge in [0.05, 0.1) is 11.2 Å². The number of aromatic hydroxyl groups is 1. The van der Waals surface area contributed by atoms with Crippen molar-refractivity contribution in [3.05, 3.63) is 53.1 Å². The molecule has 6 nitrogen and oxygen atoms in total. The Balaban J connectivity index is 2.01. The fraction of sp³-hybridized carbons (Fsp3) is 0.556. The molecule has 33 heavy (non-hydrogen) atoms. The zero-order valence-corrected chi connectivity index (χ0v) is 20.4. The molecule has 0 saturated heterocycles. The molecular formula is C27H36O6. The first kappa shape index (κ1) is 25.0. The van der Waals surface area contributed by atoms with Gasteiger partial charge in [0.1, 0.15) is 18.0 Å². The molecule has 2 N–H and O–H groups in total. The summed E-state index contributed by atoms with van der Waals surface area (Å²) < 4.78 is 12.0. The zero-order valence-electron chi connectivity index (χ0n) is 20.4. The van der Waals surface area contributed by atoms with E-state index in [1.165, 1.54) is 24.3 Å². The highest BCUT2D eigenvalue weighted by molar-refractivity contribution is 5.89. The number of allylic oxidation sites excluding steroid dienone is 1. The number of esters is 2. The van der Waals surface area contributed by atoms with Gasteiger partial charge in [-0.3, -0.25) is 0 Å². The molecule has 1 aromatic rings. The van der Waals surface area contributed by atoms with E-state index in [4.69, 9.17) is 9.47 Å². The van der Waals surface area contributed by atoms with Crippen molar-refractivity contribution in [2.75, 3.05) is 0 Å². The number of benzene rings is 1. The number of phenols is 1. The number of hydrogen-bond acceptors (Lipinski definition) is 6. The molecule has 3 rings (SSSR count). The van der Waals surface area contributed by atoms with Crippen LogP contribution in [0.15, 0.2) is 47.6 Å². The van der Waals surface area contributed by atoms with E-state index in [2.05, 4.69) is 0 Å². The number of phenolic OH excluding ortho intramolecular Hbond substituents is 1. The average Bonchev–Trinajstić information content (AvgIpc) is 3.00. The quantitative estimate of drug-likeness (QED) is 0.370. The third-order valence-electron chi connectivity index (χ3n) is 7.64. The number of ether oxygens (including phenoxy) is 2. The minimum atomic E-state index is -1.08. The van der Waals surface area contributed by atoms with Crippen molar-refractivity contribution in [3.63, 3.8) is 0 Å². The monoisotopic (exact) mass is 456 g/mol. The molecule has 180 valence electrons. The molecule has 2 aliphatic rings. The van der Waals surface area contributed by atoms with Crippen LogP contribution in [0.3, 0.4) is 0 Å². The Hall–Kier alpha value is -2.60. The second-order valence-electron chi connectivity index (χ2n) is 10.1. The summed E-state index contributed by atoms with van der Waals surface area (Å²) >= 11 is 0. The highest BCUT2D eigenvalue weighted by Crippen LogP contribution is 2.58. The first-order valence-electron chi connectivity index (χ1n) is 11.7. The van der Waals surface area contributed by atoms with Crippen LogP contribution in [0.25, 0.3) is 0 Å². The summed E-state index contributed by atoms with van der Waals surface area (Å²) in [5, 5.41) is 21.4. The van der Waals surface area contributed by atoms with Gasteiger partial charge in [-0.25, -0.2) is 9.59 Å². The van der Waals surface area contributed by atoms with Gasteiger partial charge in [-0.15, -0.1) is 0 Å². The number of carbonyl (C=O) groups excluding carboxylic acids is 2. The van der Waals surface area contributed by atoms with Crippen LogP contribution < -0.4 is 0 Å². The largest absolute Gasteiger partial charge is 0.508 e. The second kappa shape index (κ2) is 9.34. The summed E-state index contributed by atoms with van der Waals surface area (Å²) in [7, 11) is 0. The van der Waals surface area contributed by atoms with Gasteiger partial charge < -0.3 is 19.7 Å². The second-order valence-corrected chi connectivity index (χ2v) is 10.1. The fourth-order valence-electron chi connectivity index (χ4n) is 5.42. The van der Waals surface area contributed by atoms with E-state index in [9.17, 15) is 19.8 Å². The van der Waals surface area contributed by atoms with Gasteiger partial charge in [0.15, 0.2) is 0 Å². The molecule has 2 aliphatic carbocycles. The number of fused-ring (bicyclic) bond motifs is 1. The number of rotatable bonds is 5. The van der Waals surface area contributed by atoms with Crippen LogP contribution in [0.4, 0.5) is 0 Å². The van der Waals surface area contributed by atoms with Gasteiger partial charge in [-0.05, 0) is 69.9 Å². The van der Waals surface area contributed by atoms with Crippen LogP contribution in [0.2, 0.25) is 0 Å². The molecule has 0 bridgehead atoms. The SMILES string of the molecule is CC=C(C)C(=O)O[C@@H]1C=C(C)C[C@H](OC(=O)c2ccc(O)cc2)[C@H]2[C@@]1(C)CC[C@@]2(O)C(C)C. The van der Waals surface area contributed by atoms with E-state index >= 15 is 0 Å². The summed E-state index contributed by atoms with van der Waals surface area (Å²) in [5.74, 6) is -1.33. The van der Waals surface area contributed by atoms with Crippen LogP contribution in [-0.2, 0) is 14.3 Å². The van der Waals surface area contributed by atoms with Gasteiger partial charge >= 0.3 is 11.9 Å². The maximum atomic E-state index is 13.0. The van der Waals surface area contributed by atoms with Crippen molar-refractivity contribution >= 4 is 11.9 Å². The van der Waals surface area contributed by atoms with Crippen molar-refractivity contribution in [2.45, 2.75) is 78.6 Å². The molecule has 1 saturated carbocycles. The Morgan fingerprint density at radius 2 is 1.79 bits per heavy atom. The first-order chi connectivity index (χ1) is 15.4. The molecule has 0 aromatic heterocycles.